The number of nitrogen functional groups attached to an aromatic ring is 1. The van der Waals surface area contributed by atoms with E-state index in [1.54, 1.807) is 25.3 Å². The molecule has 104 valence electrons. The zero-order valence-corrected chi connectivity index (χ0v) is 11.8. The summed E-state index contributed by atoms with van der Waals surface area (Å²) in [6.45, 7) is 4.95. The van der Waals surface area contributed by atoms with E-state index in [0.29, 0.717) is 23.9 Å². The molecule has 0 heterocycles. The van der Waals surface area contributed by atoms with E-state index in [0.717, 1.165) is 12.0 Å². The van der Waals surface area contributed by atoms with Gasteiger partial charge in [0.2, 0.25) is 5.91 Å². The van der Waals surface area contributed by atoms with Crippen molar-refractivity contribution in [1.82, 2.24) is 5.32 Å². The van der Waals surface area contributed by atoms with Gasteiger partial charge in [0.15, 0.2) is 0 Å². The van der Waals surface area contributed by atoms with Crippen LogP contribution in [0.4, 0.5) is 5.69 Å². The first-order valence-electron chi connectivity index (χ1n) is 6.42. The van der Waals surface area contributed by atoms with Gasteiger partial charge in [0.25, 0.3) is 0 Å². The molecule has 0 unspecified atom stereocenters. The largest absolute Gasteiger partial charge is 0.495 e. The van der Waals surface area contributed by atoms with Crippen molar-refractivity contribution in [3.63, 3.8) is 0 Å². The van der Waals surface area contributed by atoms with Crippen LogP contribution in [-0.2, 0) is 4.79 Å². The van der Waals surface area contributed by atoms with Crippen molar-refractivity contribution < 1.29 is 9.53 Å². The first kappa shape index (κ1) is 15.1. The summed E-state index contributed by atoms with van der Waals surface area (Å²) in [5, 5.41) is 2.84. The van der Waals surface area contributed by atoms with E-state index >= 15 is 0 Å². The molecule has 0 atom stereocenters. The fourth-order valence-electron chi connectivity index (χ4n) is 1.57. The van der Waals surface area contributed by atoms with Crippen molar-refractivity contribution in [2.45, 2.75) is 20.3 Å². The molecule has 0 aliphatic rings. The van der Waals surface area contributed by atoms with Gasteiger partial charge >= 0.3 is 0 Å². The molecule has 0 radical (unpaired) electrons. The molecule has 1 rings (SSSR count). The molecule has 1 aromatic rings. The second kappa shape index (κ2) is 7.46. The summed E-state index contributed by atoms with van der Waals surface area (Å²) in [7, 11) is 1.57. The lowest BCUT2D eigenvalue weighted by molar-refractivity contribution is -0.116. The molecule has 0 fully saturated rings. The second-order valence-electron chi connectivity index (χ2n) is 4.81. The summed E-state index contributed by atoms with van der Waals surface area (Å²) in [5.41, 5.74) is 7.22. The summed E-state index contributed by atoms with van der Waals surface area (Å²) in [4.78, 5) is 11.6. The third-order valence-electron chi connectivity index (χ3n) is 2.70. The Labute approximate surface area is 114 Å². The SMILES string of the molecule is COc1ccc(/C=C/C(=O)NCCC(C)C)cc1N. The van der Waals surface area contributed by atoms with E-state index in [1.807, 2.05) is 6.07 Å². The highest BCUT2D eigenvalue weighted by molar-refractivity contribution is 5.91. The van der Waals surface area contributed by atoms with Gasteiger partial charge in [-0.1, -0.05) is 19.9 Å². The molecule has 4 nitrogen and oxygen atoms in total. The average Bonchev–Trinajstić information content (AvgIpc) is 2.36. The quantitative estimate of drug-likeness (QED) is 0.611. The van der Waals surface area contributed by atoms with Gasteiger partial charge in [0.05, 0.1) is 12.8 Å². The number of carbonyl (C=O) groups excluding carboxylic acids is 1. The number of amides is 1. The zero-order valence-electron chi connectivity index (χ0n) is 11.8. The first-order valence-corrected chi connectivity index (χ1v) is 6.42. The second-order valence-corrected chi connectivity index (χ2v) is 4.81. The van der Waals surface area contributed by atoms with E-state index in [9.17, 15) is 4.79 Å². The highest BCUT2D eigenvalue weighted by Gasteiger charge is 2.00. The van der Waals surface area contributed by atoms with Crippen LogP contribution < -0.4 is 15.8 Å². The van der Waals surface area contributed by atoms with Crippen LogP contribution in [-0.4, -0.2) is 19.6 Å². The smallest absolute Gasteiger partial charge is 0.243 e. The van der Waals surface area contributed by atoms with E-state index in [4.69, 9.17) is 10.5 Å². The summed E-state index contributed by atoms with van der Waals surface area (Å²) in [6, 6.07) is 5.41. The minimum atomic E-state index is -0.0879. The van der Waals surface area contributed by atoms with Crippen LogP contribution in [0.5, 0.6) is 5.75 Å². The molecule has 3 N–H and O–H groups in total. The van der Waals surface area contributed by atoms with Crippen LogP contribution in [0.25, 0.3) is 6.08 Å². The number of nitrogens with one attached hydrogen (secondary N) is 1. The number of hydrogen-bond donors (Lipinski definition) is 2. The molecule has 0 saturated heterocycles. The first-order chi connectivity index (χ1) is 9.02. The molecule has 0 spiro atoms. The number of hydrogen-bond acceptors (Lipinski definition) is 3. The van der Waals surface area contributed by atoms with Gasteiger partial charge in [0, 0.05) is 12.6 Å². The average molecular weight is 262 g/mol. The fraction of sp³-hybridized carbons (Fsp3) is 0.400. The molecular weight excluding hydrogens is 240 g/mol. The Morgan fingerprint density at radius 2 is 2.21 bits per heavy atom. The van der Waals surface area contributed by atoms with Crippen LogP contribution >= 0.6 is 0 Å². The third kappa shape index (κ3) is 5.46. The zero-order chi connectivity index (χ0) is 14.3. The molecule has 0 aromatic heterocycles. The van der Waals surface area contributed by atoms with Crippen molar-refractivity contribution in [2.24, 2.45) is 5.92 Å². The summed E-state index contributed by atoms with van der Waals surface area (Å²) >= 11 is 0. The van der Waals surface area contributed by atoms with Gasteiger partial charge in [-0.25, -0.2) is 0 Å². The van der Waals surface area contributed by atoms with Gasteiger partial charge in [-0.05, 0) is 36.1 Å². The summed E-state index contributed by atoms with van der Waals surface area (Å²) < 4.78 is 5.07. The molecular formula is C15H22N2O2. The van der Waals surface area contributed by atoms with Gasteiger partial charge in [-0.2, -0.15) is 0 Å². The molecule has 0 aliphatic carbocycles. The van der Waals surface area contributed by atoms with E-state index in [2.05, 4.69) is 19.2 Å². The van der Waals surface area contributed by atoms with Crippen LogP contribution in [0.2, 0.25) is 0 Å². The highest BCUT2D eigenvalue weighted by Crippen LogP contribution is 2.22. The lowest BCUT2D eigenvalue weighted by atomic mass is 10.1. The number of ether oxygens (including phenoxy) is 1. The number of carbonyl (C=O) groups is 1. The molecule has 0 bridgehead atoms. The summed E-state index contributed by atoms with van der Waals surface area (Å²) in [5.74, 6) is 1.14. The lowest BCUT2D eigenvalue weighted by Crippen LogP contribution is -2.23. The maximum absolute atomic E-state index is 11.6. The van der Waals surface area contributed by atoms with Crippen molar-refractivity contribution in [1.29, 1.82) is 0 Å². The molecule has 0 aliphatic heterocycles. The van der Waals surface area contributed by atoms with Crippen molar-refractivity contribution >= 4 is 17.7 Å². The Morgan fingerprint density at radius 3 is 2.79 bits per heavy atom. The highest BCUT2D eigenvalue weighted by atomic mass is 16.5. The number of methoxy groups -OCH3 is 1. The molecule has 1 amide bonds. The fourth-order valence-corrected chi connectivity index (χ4v) is 1.57. The maximum Gasteiger partial charge on any atom is 0.243 e. The maximum atomic E-state index is 11.6. The van der Waals surface area contributed by atoms with Crippen LogP contribution in [0.3, 0.4) is 0 Å². The Bertz CT molecular complexity index is 453. The molecule has 1 aromatic carbocycles. The predicted molar refractivity (Wildman–Crippen MR) is 78.9 cm³/mol. The monoisotopic (exact) mass is 262 g/mol. The minimum Gasteiger partial charge on any atom is -0.495 e. The van der Waals surface area contributed by atoms with Crippen molar-refractivity contribution in [3.8, 4) is 5.75 Å². The van der Waals surface area contributed by atoms with Gasteiger partial charge < -0.3 is 15.8 Å². The topological polar surface area (TPSA) is 64.3 Å². The summed E-state index contributed by atoms with van der Waals surface area (Å²) in [6.07, 6.45) is 4.23. The van der Waals surface area contributed by atoms with E-state index < -0.39 is 0 Å². The van der Waals surface area contributed by atoms with Crippen LogP contribution in [0, 0.1) is 5.92 Å². The standard InChI is InChI=1S/C15H22N2O2/c1-11(2)8-9-17-15(18)7-5-12-4-6-14(19-3)13(16)10-12/h4-7,10-11H,8-9,16H2,1-3H3,(H,17,18)/b7-5+. The normalized spacial score (nSPS) is 10.9. The Balaban J connectivity index is 2.51. The molecule has 0 saturated carbocycles. The van der Waals surface area contributed by atoms with Crippen LogP contribution in [0.15, 0.2) is 24.3 Å². The molecule has 4 heteroatoms. The molecule has 19 heavy (non-hydrogen) atoms. The van der Waals surface area contributed by atoms with Gasteiger partial charge in [-0.15, -0.1) is 0 Å². The predicted octanol–water partition coefficient (Wildman–Crippen LogP) is 2.45. The Morgan fingerprint density at radius 1 is 1.47 bits per heavy atom. The number of nitrogens with two attached hydrogens (primary N) is 1. The van der Waals surface area contributed by atoms with E-state index in [-0.39, 0.29) is 5.91 Å². The Kier molecular flexibility index (Phi) is 5.93. The van der Waals surface area contributed by atoms with E-state index in [1.165, 1.54) is 6.08 Å². The van der Waals surface area contributed by atoms with Gasteiger partial charge in [0.1, 0.15) is 5.75 Å². The number of anilines is 1. The van der Waals surface area contributed by atoms with Crippen molar-refractivity contribution in [3.05, 3.63) is 29.8 Å². The lowest BCUT2D eigenvalue weighted by Gasteiger charge is -2.05. The van der Waals surface area contributed by atoms with Gasteiger partial charge in [-0.3, -0.25) is 4.79 Å². The number of rotatable bonds is 6. The third-order valence-corrected chi connectivity index (χ3v) is 2.70. The van der Waals surface area contributed by atoms with Crippen molar-refractivity contribution in [2.75, 3.05) is 19.4 Å². The number of benzene rings is 1. The minimum absolute atomic E-state index is 0.0879. The van der Waals surface area contributed by atoms with Crippen LogP contribution in [0.1, 0.15) is 25.8 Å². The Hall–Kier alpha value is -1.97.